The second kappa shape index (κ2) is 63.6. The first-order valence-electron chi connectivity index (χ1n) is 33.3. The molecule has 0 rings (SSSR count). The van der Waals surface area contributed by atoms with Gasteiger partial charge in [0.25, 0.3) is 0 Å². The fourth-order valence-corrected chi connectivity index (χ4v) is 10.3. The number of hydrogen-bond acceptors (Lipinski definition) is 5. The highest BCUT2D eigenvalue weighted by Crippen LogP contribution is 2.18. The molecule has 0 bridgehead atoms. The van der Waals surface area contributed by atoms with Crippen LogP contribution in [0.3, 0.4) is 0 Å². The first kappa shape index (κ1) is 72.1. The van der Waals surface area contributed by atoms with E-state index in [0.29, 0.717) is 19.4 Å². The third-order valence-corrected chi connectivity index (χ3v) is 15.4. The van der Waals surface area contributed by atoms with Crippen molar-refractivity contribution in [3.05, 3.63) is 36.5 Å². The molecule has 436 valence electrons. The molecule has 0 saturated heterocycles. The van der Waals surface area contributed by atoms with Gasteiger partial charge in [0.05, 0.1) is 25.4 Å². The molecule has 0 spiro atoms. The first-order chi connectivity index (χ1) is 36.5. The van der Waals surface area contributed by atoms with Gasteiger partial charge in [-0.15, -0.1) is 0 Å². The maximum absolute atomic E-state index is 12.4. The lowest BCUT2D eigenvalue weighted by Crippen LogP contribution is -2.45. The third kappa shape index (κ3) is 59.3. The second-order valence-electron chi connectivity index (χ2n) is 22.8. The van der Waals surface area contributed by atoms with Gasteiger partial charge in [-0.25, -0.2) is 0 Å². The molecule has 0 aromatic carbocycles. The number of esters is 1. The smallest absolute Gasteiger partial charge is 0.305 e. The van der Waals surface area contributed by atoms with E-state index in [0.717, 1.165) is 51.4 Å². The van der Waals surface area contributed by atoms with Gasteiger partial charge in [0, 0.05) is 12.8 Å². The Morgan fingerprint density at radius 2 is 0.676 bits per heavy atom. The highest BCUT2D eigenvalue weighted by molar-refractivity contribution is 5.76. The van der Waals surface area contributed by atoms with Crippen LogP contribution < -0.4 is 5.32 Å². The Balaban J connectivity index is 3.31. The normalized spacial score (nSPS) is 12.8. The Hall–Kier alpha value is -1.92. The van der Waals surface area contributed by atoms with Crippen LogP contribution in [0, 0.1) is 0 Å². The first-order valence-corrected chi connectivity index (χ1v) is 33.3. The van der Waals surface area contributed by atoms with Crippen LogP contribution in [0.25, 0.3) is 0 Å². The molecule has 0 aromatic rings. The summed E-state index contributed by atoms with van der Waals surface area (Å²) in [4.78, 5) is 24.5. The molecule has 0 heterocycles. The van der Waals surface area contributed by atoms with Crippen molar-refractivity contribution in [1.29, 1.82) is 0 Å². The molecule has 0 saturated carbocycles. The SMILES string of the molecule is CCCCC/C=C\C/C=C\CCCCCCCCCCCC(=O)OCCCCCCCCCCCCCCCCCCCCCCCCCCCCCCCC(=O)NC(CO)C(O)/C=C/CCCCCCCCC. The van der Waals surface area contributed by atoms with Crippen molar-refractivity contribution < 1.29 is 24.5 Å². The van der Waals surface area contributed by atoms with E-state index in [1.807, 2.05) is 6.08 Å². The van der Waals surface area contributed by atoms with Gasteiger partial charge in [-0.1, -0.05) is 320 Å². The molecule has 0 radical (unpaired) electrons. The summed E-state index contributed by atoms with van der Waals surface area (Å²) in [5, 5.41) is 23.0. The average molecular weight is 1040 g/mol. The summed E-state index contributed by atoms with van der Waals surface area (Å²) < 4.78 is 5.51. The number of nitrogens with one attached hydrogen (secondary N) is 1. The van der Waals surface area contributed by atoms with Crippen molar-refractivity contribution in [2.45, 2.75) is 373 Å². The van der Waals surface area contributed by atoms with Crippen molar-refractivity contribution in [3.63, 3.8) is 0 Å². The summed E-state index contributed by atoms with van der Waals surface area (Å²) >= 11 is 0. The Bertz CT molecular complexity index is 1200. The molecule has 6 nitrogen and oxygen atoms in total. The van der Waals surface area contributed by atoms with E-state index in [1.165, 1.54) is 283 Å². The molecule has 74 heavy (non-hydrogen) atoms. The van der Waals surface area contributed by atoms with Crippen LogP contribution in [0.1, 0.15) is 361 Å². The molecule has 0 aromatic heterocycles. The third-order valence-electron chi connectivity index (χ3n) is 15.4. The van der Waals surface area contributed by atoms with Gasteiger partial charge in [0.2, 0.25) is 5.91 Å². The zero-order valence-electron chi connectivity index (χ0n) is 49.8. The summed E-state index contributed by atoms with van der Waals surface area (Å²) in [6, 6.07) is -0.623. The molecule has 1 amide bonds. The summed E-state index contributed by atoms with van der Waals surface area (Å²) in [7, 11) is 0. The average Bonchev–Trinajstić information content (AvgIpc) is 3.40. The summed E-state index contributed by atoms with van der Waals surface area (Å²) in [5.41, 5.74) is 0. The van der Waals surface area contributed by atoms with Crippen LogP contribution in [0.2, 0.25) is 0 Å². The van der Waals surface area contributed by atoms with Crippen molar-refractivity contribution in [3.8, 4) is 0 Å². The predicted octanol–water partition coefficient (Wildman–Crippen LogP) is 21.1. The molecule has 0 fully saturated rings. The molecule has 6 heteroatoms. The maximum Gasteiger partial charge on any atom is 0.305 e. The Labute approximate surface area is 462 Å². The monoisotopic (exact) mass is 1040 g/mol. The van der Waals surface area contributed by atoms with Gasteiger partial charge in [-0.05, 0) is 64.2 Å². The summed E-state index contributed by atoms with van der Waals surface area (Å²) in [6.45, 7) is 4.87. The highest BCUT2D eigenvalue weighted by atomic mass is 16.5. The van der Waals surface area contributed by atoms with E-state index >= 15 is 0 Å². The minimum atomic E-state index is -0.839. The van der Waals surface area contributed by atoms with Gasteiger partial charge in [0.1, 0.15) is 0 Å². The van der Waals surface area contributed by atoms with Crippen molar-refractivity contribution in [2.75, 3.05) is 13.2 Å². The summed E-state index contributed by atoms with van der Waals surface area (Å²) in [5.74, 6) is -0.0508. The zero-order valence-corrected chi connectivity index (χ0v) is 49.8. The predicted molar refractivity (Wildman–Crippen MR) is 324 cm³/mol. The van der Waals surface area contributed by atoms with Gasteiger partial charge >= 0.3 is 5.97 Å². The maximum atomic E-state index is 12.4. The summed E-state index contributed by atoms with van der Waals surface area (Å²) in [6.07, 6.45) is 80.8. The van der Waals surface area contributed by atoms with E-state index in [-0.39, 0.29) is 18.5 Å². The fourth-order valence-electron chi connectivity index (χ4n) is 10.3. The lowest BCUT2D eigenvalue weighted by molar-refractivity contribution is -0.143. The number of rotatable bonds is 62. The van der Waals surface area contributed by atoms with E-state index in [1.54, 1.807) is 6.08 Å². The lowest BCUT2D eigenvalue weighted by atomic mass is 10.0. The number of ether oxygens (including phenoxy) is 1. The molecule has 3 N–H and O–H groups in total. The molecule has 2 unspecified atom stereocenters. The number of unbranched alkanes of at least 4 members (excludes halogenated alkanes) is 47. The van der Waals surface area contributed by atoms with Crippen molar-refractivity contribution >= 4 is 11.9 Å². The largest absolute Gasteiger partial charge is 0.466 e. The van der Waals surface area contributed by atoms with Crippen LogP contribution in [-0.2, 0) is 14.3 Å². The zero-order chi connectivity index (χ0) is 53.6. The van der Waals surface area contributed by atoms with Crippen LogP contribution in [0.5, 0.6) is 0 Å². The molecule has 2 atom stereocenters. The molecular formula is C68H129NO5. The van der Waals surface area contributed by atoms with Gasteiger partial charge in [0.15, 0.2) is 0 Å². The van der Waals surface area contributed by atoms with Gasteiger partial charge < -0.3 is 20.3 Å². The lowest BCUT2D eigenvalue weighted by Gasteiger charge is -2.20. The molecule has 0 aliphatic heterocycles. The van der Waals surface area contributed by atoms with Crippen molar-refractivity contribution in [2.24, 2.45) is 0 Å². The van der Waals surface area contributed by atoms with Gasteiger partial charge in [-0.2, -0.15) is 0 Å². The number of aliphatic hydroxyl groups is 2. The number of aliphatic hydroxyl groups excluding tert-OH is 2. The standard InChI is InChI=1S/C68H129NO5/c1-3-5-7-9-11-13-14-15-16-17-29-33-36-39-42-46-50-54-58-62-68(73)74-63-59-55-51-47-43-40-37-34-31-28-26-24-22-20-18-19-21-23-25-27-30-32-35-38-41-45-49-53-57-61-67(72)69-65(64-70)66(71)60-56-52-48-44-12-10-8-6-4-2/h11,13,15-16,56,60,65-66,70-71H,3-10,12,14,17-55,57-59,61-64H2,1-2H3,(H,69,72)/b13-11-,16-15-,60-56+. The van der Waals surface area contributed by atoms with Crippen LogP contribution in [-0.4, -0.2) is 47.4 Å². The Morgan fingerprint density at radius 3 is 1.05 bits per heavy atom. The molecule has 0 aliphatic rings. The van der Waals surface area contributed by atoms with Crippen LogP contribution >= 0.6 is 0 Å². The number of hydrogen-bond donors (Lipinski definition) is 3. The molecule has 0 aliphatic carbocycles. The van der Waals surface area contributed by atoms with E-state index in [9.17, 15) is 19.8 Å². The fraction of sp³-hybridized carbons (Fsp3) is 0.882. The Kier molecular flexibility index (Phi) is 62.0. The topological polar surface area (TPSA) is 95.9 Å². The van der Waals surface area contributed by atoms with Crippen molar-refractivity contribution in [1.82, 2.24) is 5.32 Å². The highest BCUT2D eigenvalue weighted by Gasteiger charge is 2.18. The van der Waals surface area contributed by atoms with Gasteiger partial charge in [-0.3, -0.25) is 9.59 Å². The number of allylic oxidation sites excluding steroid dienone is 5. The molecular weight excluding hydrogens is 911 g/mol. The minimum absolute atomic E-state index is 0.0154. The quantitative estimate of drug-likeness (QED) is 0.0320. The minimum Gasteiger partial charge on any atom is -0.466 e. The number of carbonyl (C=O) groups excluding carboxylic acids is 2. The van der Waals surface area contributed by atoms with Crippen LogP contribution in [0.15, 0.2) is 36.5 Å². The second-order valence-corrected chi connectivity index (χ2v) is 22.8. The van der Waals surface area contributed by atoms with E-state index < -0.39 is 12.1 Å². The number of carbonyl (C=O) groups is 2. The van der Waals surface area contributed by atoms with Crippen LogP contribution in [0.4, 0.5) is 0 Å². The number of amides is 1. The van der Waals surface area contributed by atoms with E-state index in [2.05, 4.69) is 43.5 Å². The van der Waals surface area contributed by atoms with E-state index in [4.69, 9.17) is 4.74 Å². The Morgan fingerprint density at radius 1 is 0.378 bits per heavy atom.